The summed E-state index contributed by atoms with van der Waals surface area (Å²) >= 11 is 0. The van der Waals surface area contributed by atoms with E-state index in [1.54, 1.807) is 0 Å². The summed E-state index contributed by atoms with van der Waals surface area (Å²) in [5, 5.41) is 62.3. The van der Waals surface area contributed by atoms with E-state index in [1.807, 2.05) is 0 Å². The Bertz CT molecular complexity index is 2940. The van der Waals surface area contributed by atoms with Crippen LogP contribution in [0.15, 0.2) is 0 Å². The smallest absolute Gasteiger partial charge is 0.192 e. The molecule has 30 atom stereocenters. The highest BCUT2D eigenvalue weighted by Gasteiger charge is 2.63. The molecule has 22 heterocycles. The van der Waals surface area contributed by atoms with Gasteiger partial charge in [0.2, 0.25) is 0 Å². The minimum atomic E-state index is -2.73. The number of ether oxygens (including phenoxy) is 24. The standard InChI is InChI=1S/C114H218O30Si/c1-18-30-42-54-66-120-96-90-84(78-115)133-108(102(96)126-72-60-48-36-24-7)140-91-85(79-116)135-110(104(128-74-62-50-38-26-9)97(91)121-67-55-43-31-19-2)142-93-87(81-118)137-112(106(130-76-64-52-40-28-11)99(93)123-69-57-45-33-21-4)144-95-89(83-132-145(16,17)114(13,14)15)138-113(107(131-77-65-53-41-29-12)101(95)125-71-59-47-35-23-6)143-94-88(82-119)136-111(105(129-75-63-51-39-27-10)100(94)124-70-58-46-34-22-5)141-92-86(80-117)134-109(139-90)103(127-73-61-49-37-25-8)98(92)122-68-56-44-32-20-3/h84-113,115-119H,18-83H2,1-17H3. The largest absolute Gasteiger partial charge is 0.414 e. The Morgan fingerprint density at radius 3 is 0.441 bits per heavy atom. The monoisotopic (exact) mass is 2100 g/mol. The molecule has 0 aromatic carbocycles. The van der Waals surface area contributed by atoms with Crippen molar-refractivity contribution in [3.05, 3.63) is 0 Å². The first kappa shape index (κ1) is 131. The van der Waals surface area contributed by atoms with Crippen molar-refractivity contribution in [2.45, 2.75) is 614 Å². The van der Waals surface area contributed by atoms with Crippen LogP contribution in [-0.4, -0.2) is 337 Å². The molecule has 22 aliphatic rings. The van der Waals surface area contributed by atoms with Crippen LogP contribution in [0.4, 0.5) is 0 Å². The van der Waals surface area contributed by atoms with Crippen molar-refractivity contribution in [3.63, 3.8) is 0 Å². The molecule has 0 saturated carbocycles. The Morgan fingerprint density at radius 1 is 0.179 bits per heavy atom. The van der Waals surface area contributed by atoms with Crippen molar-refractivity contribution in [1.82, 2.24) is 0 Å². The maximum Gasteiger partial charge on any atom is 0.192 e. The summed E-state index contributed by atoms with van der Waals surface area (Å²) in [6, 6.07) is 0. The van der Waals surface area contributed by atoms with E-state index in [4.69, 9.17) is 118 Å². The minimum Gasteiger partial charge on any atom is -0.414 e. The minimum absolute atomic E-state index is 0.0110. The van der Waals surface area contributed by atoms with Crippen LogP contribution in [0.2, 0.25) is 18.1 Å². The molecule has 22 rings (SSSR count). The molecule has 12 bridgehead atoms. The number of aliphatic hydroxyl groups excluding tert-OH is 5. The first-order chi connectivity index (χ1) is 70.8. The van der Waals surface area contributed by atoms with Crippen LogP contribution >= 0.6 is 0 Å². The van der Waals surface area contributed by atoms with E-state index >= 15 is 0 Å². The second-order valence-electron chi connectivity index (χ2n) is 43.6. The zero-order valence-corrected chi connectivity index (χ0v) is 95.4. The summed E-state index contributed by atoms with van der Waals surface area (Å²) in [6.07, 6.45) is 6.72. The lowest BCUT2D eigenvalue weighted by Gasteiger charge is -2.54. The molecule has 30 unspecified atom stereocenters. The number of aliphatic hydroxyl groups is 5. The molecule has 0 amide bonds. The van der Waals surface area contributed by atoms with Crippen LogP contribution < -0.4 is 0 Å². The molecule has 22 aliphatic heterocycles. The van der Waals surface area contributed by atoms with E-state index in [1.165, 1.54) is 0 Å². The van der Waals surface area contributed by atoms with Gasteiger partial charge >= 0.3 is 0 Å². The molecule has 22 saturated heterocycles. The van der Waals surface area contributed by atoms with Crippen LogP contribution in [-0.2, 0) is 118 Å². The Kier molecular flexibility index (Phi) is 70.6. The second kappa shape index (κ2) is 78.2. The van der Waals surface area contributed by atoms with Gasteiger partial charge in [-0.2, -0.15) is 0 Å². The van der Waals surface area contributed by atoms with Crippen LogP contribution in [0.5, 0.6) is 0 Å². The summed E-state index contributed by atoms with van der Waals surface area (Å²) in [6.45, 7) is 37.4. The van der Waals surface area contributed by atoms with Crippen LogP contribution in [0.3, 0.4) is 0 Å². The van der Waals surface area contributed by atoms with Gasteiger partial charge in [0, 0.05) is 79.3 Å². The Labute approximate surface area is 880 Å². The average molecular weight is 2100 g/mol. The van der Waals surface area contributed by atoms with Crippen molar-refractivity contribution in [1.29, 1.82) is 0 Å². The molecule has 0 aliphatic carbocycles. The predicted octanol–water partition coefficient (Wildman–Crippen LogP) is 21.2. The molecule has 858 valence electrons. The van der Waals surface area contributed by atoms with Gasteiger partial charge in [-0.3, -0.25) is 0 Å². The topological polar surface area (TPSA) is 332 Å². The van der Waals surface area contributed by atoms with Gasteiger partial charge in [0.15, 0.2) is 46.1 Å². The highest BCUT2D eigenvalue weighted by atomic mass is 28.4. The van der Waals surface area contributed by atoms with Gasteiger partial charge in [-0.1, -0.05) is 335 Å². The highest BCUT2D eigenvalue weighted by molar-refractivity contribution is 6.74. The predicted molar refractivity (Wildman–Crippen MR) is 566 cm³/mol. The van der Waals surface area contributed by atoms with Gasteiger partial charge in [0.25, 0.3) is 0 Å². The van der Waals surface area contributed by atoms with Gasteiger partial charge < -0.3 is 144 Å². The van der Waals surface area contributed by atoms with Crippen molar-refractivity contribution in [2.75, 3.05) is 119 Å². The second-order valence-corrected chi connectivity index (χ2v) is 48.4. The Hall–Kier alpha value is -0.983. The molecule has 0 aromatic rings. The molecule has 145 heavy (non-hydrogen) atoms. The lowest BCUT2D eigenvalue weighted by Crippen LogP contribution is -2.70. The van der Waals surface area contributed by atoms with Crippen LogP contribution in [0.25, 0.3) is 0 Å². The van der Waals surface area contributed by atoms with E-state index in [-0.39, 0.29) is 84.3 Å². The molecule has 0 radical (unpaired) electrons. The molecule has 31 heteroatoms. The summed E-state index contributed by atoms with van der Waals surface area (Å²) in [7, 11) is -2.73. The number of rotatable bonds is 80. The fourth-order valence-electron chi connectivity index (χ4n) is 20.4. The molecular weight excluding hydrogens is 1880 g/mol. The van der Waals surface area contributed by atoms with E-state index in [9.17, 15) is 25.5 Å². The molecule has 5 N–H and O–H groups in total. The summed E-state index contributed by atoms with van der Waals surface area (Å²) in [5.74, 6) is 0. The maximum atomic E-state index is 12.6. The SMILES string of the molecule is CCCCCCOC1C2OC(CO)C(OC3OC(CO)C(OC4OC(CO)C(OC5OC(CO[Si](C)(C)C(C)(C)C)C(OC6OC(CO)C(OC7OC(CO)C(O2)C(OCCCCCC)C7OCCCCCC)C(OCCCCCC)C6OCCCCCC)C(OCCCCCC)C5OCCCCCC)C(OCCCCCC)C4OCCCCCC)C(OCCCCCC)C3OCCCCCC)C1OCCCCCC. The third-order valence-corrected chi connectivity index (χ3v) is 34.8. The zero-order chi connectivity index (χ0) is 105. The maximum absolute atomic E-state index is 12.6. The summed E-state index contributed by atoms with van der Waals surface area (Å²) in [5.41, 5.74) is 0. The number of unbranched alkanes of at least 4 members (excludes halogenated alkanes) is 36. The van der Waals surface area contributed by atoms with E-state index in [0.717, 1.165) is 231 Å². The van der Waals surface area contributed by atoms with E-state index in [0.29, 0.717) is 83.7 Å². The van der Waals surface area contributed by atoms with Crippen molar-refractivity contribution >= 4 is 8.32 Å². The lowest BCUT2D eigenvalue weighted by molar-refractivity contribution is -0.414. The van der Waals surface area contributed by atoms with Gasteiger partial charge in [-0.05, 0) is 95.2 Å². The zero-order valence-electron chi connectivity index (χ0n) is 94.4. The highest BCUT2D eigenvalue weighted by Crippen LogP contribution is 2.46. The average Bonchev–Trinajstić information content (AvgIpc) is 0.753. The molecule has 22 fully saturated rings. The first-order valence-corrected chi connectivity index (χ1v) is 62.6. The van der Waals surface area contributed by atoms with Gasteiger partial charge in [-0.15, -0.1) is 0 Å². The Balaban J connectivity index is 1.65. The van der Waals surface area contributed by atoms with E-state index < -0.39 is 226 Å². The van der Waals surface area contributed by atoms with Gasteiger partial charge in [0.05, 0.1) is 39.6 Å². The first-order valence-electron chi connectivity index (χ1n) is 59.7. The number of hydrogen-bond acceptors (Lipinski definition) is 30. The van der Waals surface area contributed by atoms with Crippen LogP contribution in [0.1, 0.15) is 412 Å². The third-order valence-electron chi connectivity index (χ3n) is 30.3. The van der Waals surface area contributed by atoms with Crippen molar-refractivity contribution < 1.29 is 144 Å². The summed E-state index contributed by atoms with van der Waals surface area (Å²) < 4.78 is 189. The Morgan fingerprint density at radius 2 is 0.310 bits per heavy atom. The quantitative estimate of drug-likeness (QED) is 0.0279. The normalized spacial score (nSPS) is 32.0. The van der Waals surface area contributed by atoms with Gasteiger partial charge in [0.1, 0.15) is 146 Å². The van der Waals surface area contributed by atoms with Crippen LogP contribution in [0, 0.1) is 0 Å². The fraction of sp³-hybridized carbons (Fsp3) is 1.00. The molecule has 30 nitrogen and oxygen atoms in total. The van der Waals surface area contributed by atoms with Crippen molar-refractivity contribution in [2.24, 2.45) is 0 Å². The molecule has 0 spiro atoms. The van der Waals surface area contributed by atoms with E-state index in [2.05, 4.69) is 117 Å². The number of hydrogen-bond donors (Lipinski definition) is 5. The summed E-state index contributed by atoms with van der Waals surface area (Å²) in [4.78, 5) is 0. The fourth-order valence-corrected chi connectivity index (χ4v) is 21.4. The molecule has 0 aromatic heterocycles. The van der Waals surface area contributed by atoms with Crippen molar-refractivity contribution in [3.8, 4) is 0 Å². The lowest BCUT2D eigenvalue weighted by atomic mass is 9.94. The van der Waals surface area contributed by atoms with Gasteiger partial charge in [-0.25, -0.2) is 0 Å². The molecular formula is C114H218O30Si. The third kappa shape index (κ3) is 44.8.